The first kappa shape index (κ1) is 12.5. The van der Waals surface area contributed by atoms with Crippen molar-refractivity contribution in [3.8, 4) is 0 Å². The number of hydrogen-bond acceptors (Lipinski definition) is 4. The third-order valence-electron chi connectivity index (χ3n) is 2.80. The number of ether oxygens (including phenoxy) is 1. The van der Waals surface area contributed by atoms with Crippen LogP contribution >= 0.6 is 0 Å². The van der Waals surface area contributed by atoms with Gasteiger partial charge in [0.05, 0.1) is 18.6 Å². The van der Waals surface area contributed by atoms with Crippen molar-refractivity contribution in [2.24, 2.45) is 5.41 Å². The van der Waals surface area contributed by atoms with Gasteiger partial charge in [0.15, 0.2) is 0 Å². The third kappa shape index (κ3) is 3.80. The van der Waals surface area contributed by atoms with Crippen LogP contribution in [0.25, 0.3) is 0 Å². The Kier molecular flexibility index (Phi) is 4.54. The van der Waals surface area contributed by atoms with Gasteiger partial charge in [-0.2, -0.15) is 0 Å². The minimum absolute atomic E-state index is 0.218. The number of nitrogens with one attached hydrogen (secondary N) is 1. The highest BCUT2D eigenvalue weighted by molar-refractivity contribution is 5.75. The standard InChI is InChI=1S/C11H21NO3/c1-11(2,10(13)14-3)8-12-15-9-6-4-5-7-9/h9,12H,4-8H2,1-3H3. The van der Waals surface area contributed by atoms with Gasteiger partial charge in [-0.1, -0.05) is 12.8 Å². The summed E-state index contributed by atoms with van der Waals surface area (Å²) in [6.45, 7) is 4.16. The first-order valence-electron chi connectivity index (χ1n) is 5.53. The van der Waals surface area contributed by atoms with Gasteiger partial charge < -0.3 is 4.74 Å². The molecule has 0 heterocycles. The van der Waals surface area contributed by atoms with Crippen LogP contribution in [0.5, 0.6) is 0 Å². The Morgan fingerprint density at radius 3 is 2.53 bits per heavy atom. The maximum absolute atomic E-state index is 11.3. The topological polar surface area (TPSA) is 47.6 Å². The zero-order valence-electron chi connectivity index (χ0n) is 9.84. The van der Waals surface area contributed by atoms with Gasteiger partial charge in [-0.25, -0.2) is 5.48 Å². The second kappa shape index (κ2) is 5.47. The molecule has 4 heteroatoms. The Balaban J connectivity index is 2.20. The Hall–Kier alpha value is -0.610. The van der Waals surface area contributed by atoms with Crippen LogP contribution in [0.2, 0.25) is 0 Å². The molecule has 1 saturated carbocycles. The van der Waals surface area contributed by atoms with Gasteiger partial charge >= 0.3 is 5.97 Å². The van der Waals surface area contributed by atoms with E-state index in [1.807, 2.05) is 13.8 Å². The average Bonchev–Trinajstić information content (AvgIpc) is 2.69. The quantitative estimate of drug-likeness (QED) is 0.559. The highest BCUT2D eigenvalue weighted by Gasteiger charge is 2.29. The normalized spacial score (nSPS) is 18.1. The smallest absolute Gasteiger partial charge is 0.312 e. The summed E-state index contributed by atoms with van der Waals surface area (Å²) in [6.07, 6.45) is 5.04. The van der Waals surface area contributed by atoms with Crippen molar-refractivity contribution in [1.29, 1.82) is 0 Å². The van der Waals surface area contributed by atoms with Gasteiger partial charge in [0.2, 0.25) is 0 Å². The van der Waals surface area contributed by atoms with Crippen LogP contribution in [0.3, 0.4) is 0 Å². The van der Waals surface area contributed by atoms with Gasteiger partial charge in [-0.3, -0.25) is 9.63 Å². The van der Waals surface area contributed by atoms with Gasteiger partial charge in [-0.15, -0.1) is 0 Å². The maximum atomic E-state index is 11.3. The fourth-order valence-electron chi connectivity index (χ4n) is 1.69. The molecule has 0 aromatic heterocycles. The largest absolute Gasteiger partial charge is 0.469 e. The molecule has 1 rings (SSSR count). The molecule has 88 valence electrons. The predicted molar refractivity (Wildman–Crippen MR) is 57.1 cm³/mol. The molecule has 0 atom stereocenters. The van der Waals surface area contributed by atoms with Crippen LogP contribution in [0.4, 0.5) is 0 Å². The first-order chi connectivity index (χ1) is 7.06. The summed E-state index contributed by atoms with van der Waals surface area (Å²) in [7, 11) is 1.40. The second-order valence-corrected chi connectivity index (χ2v) is 4.72. The second-order valence-electron chi connectivity index (χ2n) is 4.72. The van der Waals surface area contributed by atoms with E-state index in [1.54, 1.807) is 0 Å². The summed E-state index contributed by atoms with van der Waals surface area (Å²) in [4.78, 5) is 16.8. The van der Waals surface area contributed by atoms with E-state index in [0.29, 0.717) is 12.6 Å². The SMILES string of the molecule is COC(=O)C(C)(C)CNOC1CCCC1. The molecule has 0 unspecified atom stereocenters. The van der Waals surface area contributed by atoms with Crippen molar-refractivity contribution in [2.75, 3.05) is 13.7 Å². The van der Waals surface area contributed by atoms with Gasteiger partial charge in [0.1, 0.15) is 0 Å². The lowest BCUT2D eigenvalue weighted by Gasteiger charge is -2.22. The van der Waals surface area contributed by atoms with E-state index >= 15 is 0 Å². The molecule has 0 saturated heterocycles. The lowest BCUT2D eigenvalue weighted by atomic mass is 9.94. The van der Waals surface area contributed by atoms with Crippen LogP contribution in [-0.2, 0) is 14.4 Å². The Labute approximate surface area is 91.3 Å². The molecule has 15 heavy (non-hydrogen) atoms. The number of methoxy groups -OCH3 is 1. The molecule has 0 aromatic carbocycles. The molecule has 4 nitrogen and oxygen atoms in total. The maximum Gasteiger partial charge on any atom is 0.312 e. The average molecular weight is 215 g/mol. The zero-order chi connectivity index (χ0) is 11.3. The molecule has 0 aromatic rings. The number of hydroxylamine groups is 1. The van der Waals surface area contributed by atoms with E-state index in [2.05, 4.69) is 5.48 Å². The van der Waals surface area contributed by atoms with E-state index in [0.717, 1.165) is 12.8 Å². The van der Waals surface area contributed by atoms with E-state index in [-0.39, 0.29) is 5.97 Å². The molecule has 1 N–H and O–H groups in total. The Morgan fingerprint density at radius 1 is 1.40 bits per heavy atom. The summed E-state index contributed by atoms with van der Waals surface area (Å²) in [5.74, 6) is -0.218. The highest BCUT2D eigenvalue weighted by atomic mass is 16.7. The lowest BCUT2D eigenvalue weighted by molar-refractivity contribution is -0.152. The number of esters is 1. The van der Waals surface area contributed by atoms with Crippen molar-refractivity contribution in [3.05, 3.63) is 0 Å². The lowest BCUT2D eigenvalue weighted by Crippen LogP contribution is -2.38. The third-order valence-corrected chi connectivity index (χ3v) is 2.80. The van der Waals surface area contributed by atoms with E-state index in [9.17, 15) is 4.79 Å². The van der Waals surface area contributed by atoms with E-state index in [1.165, 1.54) is 20.0 Å². The van der Waals surface area contributed by atoms with Crippen LogP contribution < -0.4 is 5.48 Å². The fourth-order valence-corrected chi connectivity index (χ4v) is 1.69. The minimum atomic E-state index is -0.534. The van der Waals surface area contributed by atoms with Crippen molar-refractivity contribution in [3.63, 3.8) is 0 Å². The monoisotopic (exact) mass is 215 g/mol. The summed E-state index contributed by atoms with van der Waals surface area (Å²) in [6, 6.07) is 0. The van der Waals surface area contributed by atoms with Crippen LogP contribution in [0.15, 0.2) is 0 Å². The zero-order valence-corrected chi connectivity index (χ0v) is 9.84. The molecule has 0 spiro atoms. The van der Waals surface area contributed by atoms with E-state index < -0.39 is 5.41 Å². The molecule has 1 fully saturated rings. The minimum Gasteiger partial charge on any atom is -0.469 e. The Morgan fingerprint density at radius 2 is 2.00 bits per heavy atom. The fraction of sp³-hybridized carbons (Fsp3) is 0.909. The number of carbonyl (C=O) groups excluding carboxylic acids is 1. The van der Waals surface area contributed by atoms with Crippen LogP contribution in [0, 0.1) is 5.41 Å². The van der Waals surface area contributed by atoms with Crippen molar-refractivity contribution in [1.82, 2.24) is 5.48 Å². The molecule has 0 amide bonds. The van der Waals surface area contributed by atoms with E-state index in [4.69, 9.17) is 9.57 Å². The number of rotatable bonds is 5. The van der Waals surface area contributed by atoms with Crippen LogP contribution in [0.1, 0.15) is 39.5 Å². The molecule has 0 bridgehead atoms. The number of carbonyl (C=O) groups is 1. The number of hydrogen-bond donors (Lipinski definition) is 1. The van der Waals surface area contributed by atoms with Gasteiger partial charge in [-0.05, 0) is 26.7 Å². The van der Waals surface area contributed by atoms with Crippen molar-refractivity contribution >= 4 is 5.97 Å². The summed E-state index contributed by atoms with van der Waals surface area (Å²) >= 11 is 0. The van der Waals surface area contributed by atoms with Gasteiger partial charge in [0.25, 0.3) is 0 Å². The van der Waals surface area contributed by atoms with Crippen LogP contribution in [-0.4, -0.2) is 25.7 Å². The highest BCUT2D eigenvalue weighted by Crippen LogP contribution is 2.21. The molecule has 1 aliphatic rings. The summed E-state index contributed by atoms with van der Waals surface area (Å²) < 4.78 is 4.70. The van der Waals surface area contributed by atoms with Crippen molar-refractivity contribution < 1.29 is 14.4 Å². The summed E-state index contributed by atoms with van der Waals surface area (Å²) in [5.41, 5.74) is 2.35. The summed E-state index contributed by atoms with van der Waals surface area (Å²) in [5, 5.41) is 0. The Bertz CT molecular complexity index is 210. The van der Waals surface area contributed by atoms with Gasteiger partial charge in [0, 0.05) is 6.54 Å². The molecule has 0 aliphatic heterocycles. The molecular weight excluding hydrogens is 194 g/mol. The predicted octanol–water partition coefficient (Wildman–Crippen LogP) is 1.65. The molecular formula is C11H21NO3. The molecule has 0 radical (unpaired) electrons. The molecule has 1 aliphatic carbocycles. The van der Waals surface area contributed by atoms with Crippen molar-refractivity contribution in [2.45, 2.75) is 45.6 Å². The first-order valence-corrected chi connectivity index (χ1v) is 5.53.